The standard InChI is InChI=1S/C21H19Cl2F4NO5S/c1-34(2,29,30)32-10-11-3-4-13(14-5-6-31-19(11)14)17-9-20(33-28-17,21(25,26)27)12-7-15(22)18(24)16(23)8-12/h3-4,7-8H,5-6,9-10H2,1-2H3,(H,29,30). The van der Waals surface area contributed by atoms with Gasteiger partial charge in [-0.05, 0) is 12.1 Å². The molecule has 0 aromatic heterocycles. The number of alkyl halides is 3. The van der Waals surface area contributed by atoms with Crippen molar-refractivity contribution in [1.29, 1.82) is 0 Å². The zero-order valence-corrected chi connectivity index (χ0v) is 20.2. The highest BCUT2D eigenvalue weighted by Crippen LogP contribution is 2.50. The molecule has 0 amide bonds. The molecule has 0 fully saturated rings. The number of rotatable bonds is 5. The third kappa shape index (κ3) is 4.64. The summed E-state index contributed by atoms with van der Waals surface area (Å²) in [7, 11) is -4.24. The van der Waals surface area contributed by atoms with Crippen molar-refractivity contribution in [2.75, 3.05) is 19.1 Å². The third-order valence-electron chi connectivity index (χ3n) is 5.44. The summed E-state index contributed by atoms with van der Waals surface area (Å²) < 4.78 is 89.2. The van der Waals surface area contributed by atoms with E-state index in [1.807, 2.05) is 0 Å². The lowest BCUT2D eigenvalue weighted by Crippen LogP contribution is -2.42. The average Bonchev–Trinajstić information content (AvgIpc) is 3.36. The van der Waals surface area contributed by atoms with Crippen molar-refractivity contribution in [2.24, 2.45) is 5.16 Å². The van der Waals surface area contributed by atoms with Crippen molar-refractivity contribution in [3.8, 4) is 5.75 Å². The van der Waals surface area contributed by atoms with Crippen LogP contribution in [-0.4, -0.2) is 39.8 Å². The molecule has 2 aromatic rings. The second kappa shape index (κ2) is 8.06. The summed E-state index contributed by atoms with van der Waals surface area (Å²) in [6.07, 6.45) is -3.16. The molecule has 0 saturated heterocycles. The lowest BCUT2D eigenvalue weighted by Gasteiger charge is -2.30. The van der Waals surface area contributed by atoms with Gasteiger partial charge in [0.05, 0.1) is 38.6 Å². The molecule has 0 spiro atoms. The SMILES string of the molecule is CS(C)(=O)(O)OCc1ccc(C2=NOC(c3cc(Cl)c(F)c(Cl)c3)(C(F)(F)F)C2)c2c1OCC2. The Kier molecular flexibility index (Phi) is 5.97. The molecule has 2 aliphatic rings. The van der Waals surface area contributed by atoms with Gasteiger partial charge in [-0.2, -0.15) is 13.2 Å². The third-order valence-corrected chi connectivity index (χ3v) is 6.78. The Labute approximate surface area is 202 Å². The maximum absolute atomic E-state index is 14.3. The van der Waals surface area contributed by atoms with E-state index in [1.165, 1.54) is 12.1 Å². The first-order valence-corrected chi connectivity index (χ1v) is 13.3. The van der Waals surface area contributed by atoms with Crippen molar-refractivity contribution in [2.45, 2.75) is 31.2 Å². The van der Waals surface area contributed by atoms with Crippen LogP contribution in [0, 0.1) is 5.82 Å². The van der Waals surface area contributed by atoms with E-state index in [2.05, 4.69) is 5.16 Å². The molecule has 1 atom stereocenters. The van der Waals surface area contributed by atoms with Crippen LogP contribution >= 0.6 is 23.2 Å². The van der Waals surface area contributed by atoms with E-state index in [0.717, 1.165) is 24.6 Å². The van der Waals surface area contributed by atoms with Gasteiger partial charge in [0.15, 0.2) is 5.82 Å². The largest absolute Gasteiger partial charge is 0.493 e. The Morgan fingerprint density at radius 2 is 1.88 bits per heavy atom. The molecule has 1 N–H and O–H groups in total. The summed E-state index contributed by atoms with van der Waals surface area (Å²) in [6, 6.07) is 4.70. The number of hydrogen-bond donors (Lipinski definition) is 1. The van der Waals surface area contributed by atoms with Crippen LogP contribution in [0.2, 0.25) is 10.0 Å². The molecule has 34 heavy (non-hydrogen) atoms. The molecule has 0 aliphatic carbocycles. The number of fused-ring (bicyclic) bond motifs is 1. The summed E-state index contributed by atoms with van der Waals surface area (Å²) in [5.41, 5.74) is -1.99. The van der Waals surface area contributed by atoms with E-state index in [0.29, 0.717) is 28.9 Å². The van der Waals surface area contributed by atoms with Crippen LogP contribution in [0.3, 0.4) is 0 Å². The van der Waals surface area contributed by atoms with Crippen LogP contribution < -0.4 is 4.74 Å². The van der Waals surface area contributed by atoms with Gasteiger partial charge in [0.1, 0.15) is 5.75 Å². The first-order valence-electron chi connectivity index (χ1n) is 9.84. The molecule has 186 valence electrons. The number of benzene rings is 2. The van der Waals surface area contributed by atoms with Gasteiger partial charge in [0, 0.05) is 47.6 Å². The highest BCUT2D eigenvalue weighted by Gasteiger charge is 2.62. The Balaban J connectivity index is 1.71. The van der Waals surface area contributed by atoms with Gasteiger partial charge in [0.2, 0.25) is 0 Å². The smallest absolute Gasteiger partial charge is 0.435 e. The fraction of sp³-hybridized carbons (Fsp3) is 0.381. The van der Waals surface area contributed by atoms with Crippen LogP contribution in [0.15, 0.2) is 29.4 Å². The number of nitrogens with zero attached hydrogens (tertiary/aromatic N) is 1. The summed E-state index contributed by atoms with van der Waals surface area (Å²) in [5.74, 6) is -0.682. The number of oxime groups is 1. The Morgan fingerprint density at radius 3 is 2.47 bits per heavy atom. The van der Waals surface area contributed by atoms with Crippen molar-refractivity contribution in [3.05, 3.63) is 62.4 Å². The topological polar surface area (TPSA) is 77.4 Å². The molecule has 2 aromatic carbocycles. The molecular formula is C21H19Cl2F4NO5S. The van der Waals surface area contributed by atoms with Crippen molar-refractivity contribution in [1.82, 2.24) is 0 Å². The lowest BCUT2D eigenvalue weighted by atomic mass is 9.85. The van der Waals surface area contributed by atoms with Gasteiger partial charge in [-0.1, -0.05) is 40.5 Å². The summed E-state index contributed by atoms with van der Waals surface area (Å²) in [5, 5.41) is 2.58. The molecule has 0 bridgehead atoms. The average molecular weight is 544 g/mol. The quantitative estimate of drug-likeness (QED) is 0.390. The molecule has 4 rings (SSSR count). The molecule has 0 saturated carbocycles. The molecular weight excluding hydrogens is 525 g/mol. The molecule has 13 heteroatoms. The Bertz CT molecular complexity index is 1240. The fourth-order valence-corrected chi connectivity index (χ4v) is 4.76. The van der Waals surface area contributed by atoms with Crippen LogP contribution in [-0.2, 0) is 37.3 Å². The van der Waals surface area contributed by atoms with Crippen LogP contribution in [0.4, 0.5) is 17.6 Å². The Hall–Kier alpha value is -1.92. The van der Waals surface area contributed by atoms with E-state index in [1.54, 1.807) is 0 Å². The minimum absolute atomic E-state index is 0.00166. The molecule has 2 aliphatic heterocycles. The summed E-state index contributed by atoms with van der Waals surface area (Å²) >= 11 is 11.5. The first-order chi connectivity index (χ1) is 15.6. The number of halogens is 6. The minimum Gasteiger partial charge on any atom is -0.493 e. The van der Waals surface area contributed by atoms with E-state index in [4.69, 9.17) is 37.0 Å². The van der Waals surface area contributed by atoms with E-state index < -0.39 is 49.3 Å². The number of ether oxygens (including phenoxy) is 1. The van der Waals surface area contributed by atoms with Gasteiger partial charge in [-0.15, -0.1) is 0 Å². The zero-order valence-electron chi connectivity index (χ0n) is 17.8. The van der Waals surface area contributed by atoms with Crippen molar-refractivity contribution < 1.29 is 40.1 Å². The van der Waals surface area contributed by atoms with Gasteiger partial charge in [-0.25, -0.2) is 8.60 Å². The summed E-state index contributed by atoms with van der Waals surface area (Å²) in [4.78, 5) is 4.99. The maximum Gasteiger partial charge on any atom is 0.435 e. The molecule has 2 heterocycles. The fourth-order valence-electron chi connectivity index (χ4n) is 3.81. The van der Waals surface area contributed by atoms with Crippen LogP contribution in [0.25, 0.3) is 0 Å². The molecule has 0 radical (unpaired) electrons. The van der Waals surface area contributed by atoms with Gasteiger partial charge in [0.25, 0.3) is 5.60 Å². The molecule has 6 nitrogen and oxygen atoms in total. The zero-order chi connectivity index (χ0) is 25.1. The normalized spacial score (nSPS) is 21.3. The van der Waals surface area contributed by atoms with Gasteiger partial charge < -0.3 is 14.1 Å². The highest BCUT2D eigenvalue weighted by atomic mass is 35.5. The van der Waals surface area contributed by atoms with Crippen molar-refractivity contribution in [3.63, 3.8) is 0 Å². The number of hydrogen-bond acceptors (Lipinski definition) is 5. The Morgan fingerprint density at radius 1 is 1.24 bits per heavy atom. The monoisotopic (exact) mass is 543 g/mol. The van der Waals surface area contributed by atoms with Crippen LogP contribution in [0.5, 0.6) is 5.75 Å². The summed E-state index contributed by atoms with van der Waals surface area (Å²) in [6.45, 7) is 0.0249. The van der Waals surface area contributed by atoms with E-state index in [-0.39, 0.29) is 18.9 Å². The highest BCUT2D eigenvalue weighted by molar-refractivity contribution is 8.09. The van der Waals surface area contributed by atoms with Crippen LogP contribution in [0.1, 0.15) is 28.7 Å². The lowest BCUT2D eigenvalue weighted by molar-refractivity contribution is -0.275. The predicted molar refractivity (Wildman–Crippen MR) is 119 cm³/mol. The predicted octanol–water partition coefficient (Wildman–Crippen LogP) is 5.63. The van der Waals surface area contributed by atoms with Gasteiger partial charge >= 0.3 is 6.18 Å². The van der Waals surface area contributed by atoms with E-state index >= 15 is 0 Å². The molecule has 1 unspecified atom stereocenters. The second-order valence-electron chi connectivity index (χ2n) is 8.48. The maximum atomic E-state index is 14.3. The first kappa shape index (κ1) is 25.2. The van der Waals surface area contributed by atoms with E-state index in [9.17, 15) is 26.3 Å². The van der Waals surface area contributed by atoms with Gasteiger partial charge in [-0.3, -0.25) is 4.18 Å². The van der Waals surface area contributed by atoms with Crippen molar-refractivity contribution >= 4 is 38.5 Å². The minimum atomic E-state index is -4.94. The second-order valence-corrected chi connectivity index (χ2v) is 12.8.